The van der Waals surface area contributed by atoms with E-state index in [-0.39, 0.29) is 0 Å². The van der Waals surface area contributed by atoms with Crippen molar-refractivity contribution in [3.05, 3.63) is 237 Å². The Labute approximate surface area is 448 Å². The Kier molecular flexibility index (Phi) is 8.90. The van der Waals surface area contributed by atoms with Gasteiger partial charge in [-0.1, -0.05) is 91.0 Å². The Hall–Kier alpha value is -11.3. The van der Waals surface area contributed by atoms with Gasteiger partial charge in [0.15, 0.2) is 0 Å². The highest BCUT2D eigenvalue weighted by Gasteiger charge is 2.37. The molecule has 366 valence electrons. The molecule has 0 aliphatic rings. The normalized spacial score (nSPS) is 12.0. The van der Waals surface area contributed by atoms with Gasteiger partial charge in [-0.2, -0.15) is 5.26 Å². The van der Waals surface area contributed by atoms with Crippen molar-refractivity contribution in [2.75, 3.05) is 0 Å². The third-order valence-corrected chi connectivity index (χ3v) is 15.8. The summed E-state index contributed by atoms with van der Waals surface area (Å²) in [5, 5.41) is 15.4. The van der Waals surface area contributed by atoms with E-state index in [9.17, 15) is 5.26 Å². The van der Waals surface area contributed by atoms with E-state index in [1.165, 1.54) is 0 Å². The summed E-state index contributed by atoms with van der Waals surface area (Å²) in [6.45, 7) is 0. The summed E-state index contributed by atoms with van der Waals surface area (Å²) in [4.78, 5) is 31.4. The molecule has 11 aromatic heterocycles. The molecule has 0 amide bonds. The van der Waals surface area contributed by atoms with Crippen LogP contribution in [0.2, 0.25) is 0 Å². The van der Waals surface area contributed by atoms with Gasteiger partial charge in [0.1, 0.15) is 6.07 Å². The van der Waals surface area contributed by atoms with Gasteiger partial charge in [0.25, 0.3) is 0 Å². The van der Waals surface area contributed by atoms with Crippen LogP contribution in [0, 0.1) is 11.3 Å². The standard InChI is InChI=1S/C67H38N12/c68-38-40-31-32-46(74-39-40)57-63(75-47-21-6-1-16-41(47)58-52(75)26-11-33-69-58)65(77-49-23-8-3-18-43(49)60-54(77)28-13-35-71-60)67(79-51-25-10-5-20-45(51)62-56(79)30-15-37-73-62)66(78-50-24-9-4-19-44(50)61-55(78)29-14-36-72-61)64(57)76-48-22-7-2-17-42(48)59-53(76)27-12-34-70-59/h1-37,39H. The van der Waals surface area contributed by atoms with E-state index in [1.807, 2.05) is 73.4 Å². The lowest BCUT2D eigenvalue weighted by atomic mass is 9.97. The first-order valence-electron chi connectivity index (χ1n) is 26.1. The Morgan fingerprint density at radius 2 is 0.532 bits per heavy atom. The van der Waals surface area contributed by atoms with Gasteiger partial charge in [0, 0.05) is 64.1 Å². The molecule has 0 bridgehead atoms. The largest absolute Gasteiger partial charge is 0.305 e. The molecule has 0 N–H and O–H groups in total. The molecular weight excluding hydrogens is 973 g/mol. The zero-order valence-corrected chi connectivity index (χ0v) is 41.8. The van der Waals surface area contributed by atoms with Crippen LogP contribution in [0.1, 0.15) is 5.56 Å². The monoisotopic (exact) mass is 1010 g/mol. The molecule has 0 saturated heterocycles. The predicted octanol–water partition coefficient (Wildman–Crippen LogP) is 15.1. The molecule has 0 aliphatic heterocycles. The van der Waals surface area contributed by atoms with Crippen molar-refractivity contribution >= 4 is 110 Å². The highest BCUT2D eigenvalue weighted by atomic mass is 15.2. The number of hydrogen-bond acceptors (Lipinski definition) is 7. The van der Waals surface area contributed by atoms with Crippen molar-refractivity contribution in [3.63, 3.8) is 0 Å². The van der Waals surface area contributed by atoms with Gasteiger partial charge in [0.2, 0.25) is 0 Å². The van der Waals surface area contributed by atoms with Crippen LogP contribution in [0.3, 0.4) is 0 Å². The first kappa shape index (κ1) is 43.0. The van der Waals surface area contributed by atoms with Gasteiger partial charge >= 0.3 is 0 Å². The minimum Gasteiger partial charge on any atom is -0.305 e. The van der Waals surface area contributed by atoms with Crippen molar-refractivity contribution in [2.24, 2.45) is 0 Å². The van der Waals surface area contributed by atoms with Crippen LogP contribution >= 0.6 is 0 Å². The molecule has 0 saturated carbocycles. The van der Waals surface area contributed by atoms with E-state index in [0.717, 1.165) is 144 Å². The maximum atomic E-state index is 10.5. The van der Waals surface area contributed by atoms with E-state index in [1.54, 1.807) is 6.20 Å². The Morgan fingerprint density at radius 3 is 0.810 bits per heavy atom. The molecule has 0 spiro atoms. The molecule has 0 radical (unpaired) electrons. The Balaban J connectivity index is 1.30. The van der Waals surface area contributed by atoms with Crippen LogP contribution in [0.5, 0.6) is 0 Å². The van der Waals surface area contributed by atoms with E-state index >= 15 is 0 Å². The van der Waals surface area contributed by atoms with Gasteiger partial charge < -0.3 is 22.8 Å². The Morgan fingerprint density at radius 1 is 0.266 bits per heavy atom. The second-order valence-electron chi connectivity index (χ2n) is 19.8. The van der Waals surface area contributed by atoms with Gasteiger partial charge in [-0.25, -0.2) is 0 Å². The fourth-order valence-electron chi connectivity index (χ4n) is 12.7. The number of nitriles is 1. The summed E-state index contributed by atoms with van der Waals surface area (Å²) < 4.78 is 12.0. The molecule has 0 fully saturated rings. The quantitative estimate of drug-likeness (QED) is 0.162. The molecule has 79 heavy (non-hydrogen) atoms. The van der Waals surface area contributed by atoms with Crippen molar-refractivity contribution in [1.82, 2.24) is 52.7 Å². The second-order valence-corrected chi connectivity index (χ2v) is 19.8. The number of hydrogen-bond donors (Lipinski definition) is 0. The molecule has 0 unspecified atom stereocenters. The highest BCUT2D eigenvalue weighted by molar-refractivity contribution is 6.17. The molecule has 0 aliphatic carbocycles. The first-order chi connectivity index (χ1) is 39.2. The lowest BCUT2D eigenvalue weighted by Crippen LogP contribution is -2.18. The summed E-state index contributed by atoms with van der Waals surface area (Å²) >= 11 is 0. The lowest BCUT2D eigenvalue weighted by molar-refractivity contribution is 0.997. The molecule has 12 nitrogen and oxygen atoms in total. The predicted molar refractivity (Wildman–Crippen MR) is 315 cm³/mol. The van der Waals surface area contributed by atoms with Gasteiger partial charge in [-0.05, 0) is 103 Å². The smallest absolute Gasteiger partial charge is 0.101 e. The number of para-hydroxylation sites is 5. The summed E-state index contributed by atoms with van der Waals surface area (Å²) in [5.41, 5.74) is 19.3. The number of nitrogens with zero attached hydrogens (tertiary/aromatic N) is 12. The lowest BCUT2D eigenvalue weighted by Gasteiger charge is -2.31. The fourth-order valence-corrected chi connectivity index (χ4v) is 12.7. The summed E-state index contributed by atoms with van der Waals surface area (Å²) in [6.07, 6.45) is 11.1. The summed E-state index contributed by atoms with van der Waals surface area (Å²) in [5.74, 6) is 0. The van der Waals surface area contributed by atoms with E-state index < -0.39 is 0 Å². The van der Waals surface area contributed by atoms with Crippen LogP contribution in [-0.2, 0) is 0 Å². The first-order valence-corrected chi connectivity index (χ1v) is 26.1. The zero-order chi connectivity index (χ0) is 51.9. The molecule has 17 aromatic rings. The molecule has 11 heterocycles. The highest BCUT2D eigenvalue weighted by Crippen LogP contribution is 2.53. The number of pyridine rings is 6. The molecular formula is C67H38N12. The second kappa shape index (κ2) is 16.4. The topological polar surface area (TPSA) is 126 Å². The van der Waals surface area contributed by atoms with Crippen LogP contribution < -0.4 is 0 Å². The summed E-state index contributed by atoms with van der Waals surface area (Å²) in [6, 6.07) is 69.9. The number of benzene rings is 6. The third-order valence-electron chi connectivity index (χ3n) is 15.8. The van der Waals surface area contributed by atoms with Crippen LogP contribution in [0.4, 0.5) is 0 Å². The minimum atomic E-state index is 0.436. The van der Waals surface area contributed by atoms with E-state index in [4.69, 9.17) is 29.9 Å². The van der Waals surface area contributed by atoms with Crippen LogP contribution in [-0.4, -0.2) is 52.7 Å². The molecule has 12 heteroatoms. The van der Waals surface area contributed by atoms with E-state index in [2.05, 4.69) is 181 Å². The van der Waals surface area contributed by atoms with Crippen LogP contribution in [0.15, 0.2) is 231 Å². The summed E-state index contributed by atoms with van der Waals surface area (Å²) in [7, 11) is 0. The maximum Gasteiger partial charge on any atom is 0.101 e. The minimum absolute atomic E-state index is 0.436. The van der Waals surface area contributed by atoms with Gasteiger partial charge in [-0.3, -0.25) is 29.9 Å². The van der Waals surface area contributed by atoms with Crippen molar-refractivity contribution in [3.8, 4) is 45.8 Å². The van der Waals surface area contributed by atoms with E-state index in [0.29, 0.717) is 11.3 Å². The molecule has 6 aromatic carbocycles. The van der Waals surface area contributed by atoms with Crippen molar-refractivity contribution < 1.29 is 0 Å². The number of fused-ring (bicyclic) bond motifs is 15. The fraction of sp³-hybridized carbons (Fsp3) is 0. The number of rotatable bonds is 6. The molecule has 17 rings (SSSR count). The number of aromatic nitrogens is 11. The van der Waals surface area contributed by atoms with Crippen LogP contribution in [0.25, 0.3) is 149 Å². The maximum absolute atomic E-state index is 10.5. The average molecular weight is 1010 g/mol. The van der Waals surface area contributed by atoms with Crippen molar-refractivity contribution in [1.29, 1.82) is 5.26 Å². The van der Waals surface area contributed by atoms with Gasteiger partial charge in [0.05, 0.1) is 128 Å². The third kappa shape index (κ3) is 5.84. The Bertz CT molecular complexity index is 4950. The molecule has 0 atom stereocenters. The van der Waals surface area contributed by atoms with Gasteiger partial charge in [-0.15, -0.1) is 0 Å². The SMILES string of the molecule is N#Cc1ccc(-c2c(-n3c4ccccc4c4ncccc43)c(-n3c4ccccc4c4ncccc43)c(-n3c4ccccc4c4ncccc43)c(-n3c4ccccc4c4ncccc43)c2-n2c3ccccc3c3ncccc32)nc1. The van der Waals surface area contributed by atoms with Crippen molar-refractivity contribution in [2.45, 2.75) is 0 Å². The average Bonchev–Trinajstić information content (AvgIpc) is 3.47. The zero-order valence-electron chi connectivity index (χ0n) is 41.8.